The molecule has 0 radical (unpaired) electrons. The van der Waals surface area contributed by atoms with Crippen LogP contribution < -0.4 is 11.2 Å². The Bertz CT molecular complexity index is 1310. The SMILES string of the molecule is CC(/C=N\NC(=O)c1nnn(-c2nonc2N)c1CSc1nncn1C)=C\c1ccccc1. The first kappa shape index (κ1) is 21.9. The molecule has 4 rings (SSSR count). The van der Waals surface area contributed by atoms with E-state index in [1.54, 1.807) is 17.1 Å². The molecule has 0 aliphatic rings. The Morgan fingerprint density at radius 3 is 2.79 bits per heavy atom. The summed E-state index contributed by atoms with van der Waals surface area (Å²) in [5.41, 5.74) is 10.6. The predicted octanol–water partition coefficient (Wildman–Crippen LogP) is 1.47. The van der Waals surface area contributed by atoms with Crippen LogP contribution in [0.15, 0.2) is 57.1 Å². The van der Waals surface area contributed by atoms with Crippen molar-refractivity contribution in [2.24, 2.45) is 12.1 Å². The lowest BCUT2D eigenvalue weighted by molar-refractivity contribution is 0.0949. The van der Waals surface area contributed by atoms with Crippen molar-refractivity contribution >= 4 is 35.8 Å². The van der Waals surface area contributed by atoms with Crippen molar-refractivity contribution in [1.82, 2.24) is 45.5 Å². The second-order valence-electron chi connectivity index (χ2n) is 6.78. The van der Waals surface area contributed by atoms with E-state index in [0.29, 0.717) is 10.9 Å². The van der Waals surface area contributed by atoms with Gasteiger partial charge in [0.2, 0.25) is 11.6 Å². The van der Waals surface area contributed by atoms with Gasteiger partial charge < -0.3 is 10.3 Å². The summed E-state index contributed by atoms with van der Waals surface area (Å²) >= 11 is 1.33. The first-order valence-corrected chi connectivity index (χ1v) is 10.6. The molecule has 0 atom stereocenters. The molecule has 33 heavy (non-hydrogen) atoms. The molecule has 168 valence electrons. The zero-order valence-electron chi connectivity index (χ0n) is 17.7. The van der Waals surface area contributed by atoms with E-state index in [4.69, 9.17) is 5.73 Å². The maximum atomic E-state index is 12.8. The number of carbonyl (C=O) groups is 1. The van der Waals surface area contributed by atoms with E-state index in [0.717, 1.165) is 11.1 Å². The molecule has 0 aliphatic carbocycles. The fourth-order valence-electron chi connectivity index (χ4n) is 2.75. The number of hydrazone groups is 1. The summed E-state index contributed by atoms with van der Waals surface area (Å²) in [6, 6.07) is 9.77. The second-order valence-corrected chi connectivity index (χ2v) is 7.72. The molecule has 0 spiro atoms. The fraction of sp³-hybridized carbons (Fsp3) is 0.158. The van der Waals surface area contributed by atoms with Crippen molar-refractivity contribution in [3.8, 4) is 5.82 Å². The largest absolute Gasteiger partial charge is 0.378 e. The Hall–Kier alpha value is -4.33. The number of carbonyl (C=O) groups excluding carboxylic acids is 1. The maximum absolute atomic E-state index is 12.8. The third-order valence-corrected chi connectivity index (χ3v) is 5.36. The molecule has 0 bridgehead atoms. The van der Waals surface area contributed by atoms with E-state index in [1.807, 2.05) is 50.4 Å². The number of amides is 1. The molecule has 13 nitrogen and oxygen atoms in total. The van der Waals surface area contributed by atoms with Crippen LogP contribution in [0.25, 0.3) is 11.9 Å². The number of nitrogens with one attached hydrogen (secondary N) is 1. The molecule has 14 heteroatoms. The quantitative estimate of drug-likeness (QED) is 0.221. The molecule has 0 fully saturated rings. The Morgan fingerprint density at radius 2 is 2.09 bits per heavy atom. The summed E-state index contributed by atoms with van der Waals surface area (Å²) in [6.45, 7) is 1.88. The summed E-state index contributed by atoms with van der Waals surface area (Å²) in [5, 5.41) is 27.8. The zero-order valence-corrected chi connectivity index (χ0v) is 18.5. The third-order valence-electron chi connectivity index (χ3n) is 4.31. The minimum atomic E-state index is -0.548. The van der Waals surface area contributed by atoms with E-state index in [-0.39, 0.29) is 23.1 Å². The molecule has 1 amide bonds. The molecule has 0 aliphatic heterocycles. The van der Waals surface area contributed by atoms with Crippen LogP contribution in [-0.4, -0.2) is 52.2 Å². The van der Waals surface area contributed by atoms with Gasteiger partial charge in [-0.25, -0.2) is 10.1 Å². The van der Waals surface area contributed by atoms with Gasteiger partial charge in [0.15, 0.2) is 10.9 Å². The standard InChI is InChI=1S/C19H19N11O2S/c1-12(8-13-6-4-3-5-7-13)9-21-24-18(31)15-14(10-33-19-25-22-11-29(19)2)30(28-23-15)17-16(20)26-32-27-17/h3-9,11H,10H2,1-2H3,(H2,20,26)(H,24,31)/b12-8+,21-9-. The number of hydrogen-bond acceptors (Lipinski definition) is 11. The van der Waals surface area contributed by atoms with Crippen LogP contribution in [0.2, 0.25) is 0 Å². The molecule has 3 heterocycles. The number of benzene rings is 1. The summed E-state index contributed by atoms with van der Waals surface area (Å²) in [6.07, 6.45) is 5.06. The summed E-state index contributed by atoms with van der Waals surface area (Å²) in [5.74, 6) is -0.143. The minimum Gasteiger partial charge on any atom is -0.378 e. The number of rotatable bonds is 8. The predicted molar refractivity (Wildman–Crippen MR) is 120 cm³/mol. The van der Waals surface area contributed by atoms with Crippen molar-refractivity contribution in [2.45, 2.75) is 17.8 Å². The molecule has 0 saturated heterocycles. The number of nitrogens with two attached hydrogens (primary N) is 1. The molecule has 3 N–H and O–H groups in total. The van der Waals surface area contributed by atoms with Crippen LogP contribution in [0.1, 0.15) is 28.7 Å². The highest BCUT2D eigenvalue weighted by atomic mass is 32.2. The van der Waals surface area contributed by atoms with E-state index in [1.165, 1.54) is 16.4 Å². The van der Waals surface area contributed by atoms with Crippen molar-refractivity contribution < 1.29 is 9.42 Å². The lowest BCUT2D eigenvalue weighted by Gasteiger charge is -2.05. The molecule has 4 aromatic rings. The topological polar surface area (TPSA) is 168 Å². The number of anilines is 1. The first-order chi connectivity index (χ1) is 16.0. The highest BCUT2D eigenvalue weighted by Gasteiger charge is 2.24. The minimum absolute atomic E-state index is 0.0106. The summed E-state index contributed by atoms with van der Waals surface area (Å²) in [7, 11) is 1.81. The monoisotopic (exact) mass is 465 g/mol. The lowest BCUT2D eigenvalue weighted by Crippen LogP contribution is -2.20. The van der Waals surface area contributed by atoms with Crippen LogP contribution in [0, 0.1) is 0 Å². The van der Waals surface area contributed by atoms with Gasteiger partial charge >= 0.3 is 0 Å². The van der Waals surface area contributed by atoms with Crippen molar-refractivity contribution in [2.75, 3.05) is 5.73 Å². The normalized spacial score (nSPS) is 11.9. The molecular weight excluding hydrogens is 446 g/mol. The summed E-state index contributed by atoms with van der Waals surface area (Å²) < 4.78 is 7.70. The van der Waals surface area contributed by atoms with E-state index in [9.17, 15) is 4.79 Å². The zero-order chi connectivity index (χ0) is 23.2. The van der Waals surface area contributed by atoms with Gasteiger partial charge in [-0.2, -0.15) is 9.78 Å². The molecule has 0 saturated carbocycles. The average molecular weight is 466 g/mol. The van der Waals surface area contributed by atoms with Crippen molar-refractivity contribution in [3.63, 3.8) is 0 Å². The summed E-state index contributed by atoms with van der Waals surface area (Å²) in [4.78, 5) is 12.8. The smallest absolute Gasteiger partial charge is 0.293 e. The molecular formula is C19H19N11O2S. The second kappa shape index (κ2) is 9.86. The van der Waals surface area contributed by atoms with Crippen LogP contribution >= 0.6 is 11.8 Å². The Balaban J connectivity index is 1.54. The van der Waals surface area contributed by atoms with Crippen LogP contribution in [-0.2, 0) is 12.8 Å². The van der Waals surface area contributed by atoms with E-state index in [2.05, 4.69) is 46.0 Å². The average Bonchev–Trinajstić information content (AvgIpc) is 3.52. The number of aromatic nitrogens is 8. The maximum Gasteiger partial charge on any atom is 0.293 e. The van der Waals surface area contributed by atoms with Crippen molar-refractivity contribution in [1.29, 1.82) is 0 Å². The fourth-order valence-corrected chi connectivity index (χ4v) is 3.63. The van der Waals surface area contributed by atoms with Gasteiger partial charge in [0.1, 0.15) is 6.33 Å². The lowest BCUT2D eigenvalue weighted by atomic mass is 10.1. The first-order valence-electron chi connectivity index (χ1n) is 9.59. The van der Waals surface area contributed by atoms with Gasteiger partial charge in [-0.3, -0.25) is 4.79 Å². The van der Waals surface area contributed by atoms with Gasteiger partial charge in [-0.1, -0.05) is 53.4 Å². The van der Waals surface area contributed by atoms with Crippen LogP contribution in [0.3, 0.4) is 0 Å². The van der Waals surface area contributed by atoms with E-state index >= 15 is 0 Å². The van der Waals surface area contributed by atoms with Crippen LogP contribution in [0.4, 0.5) is 5.82 Å². The van der Waals surface area contributed by atoms with Gasteiger partial charge in [0, 0.05) is 12.8 Å². The van der Waals surface area contributed by atoms with Gasteiger partial charge in [-0.05, 0) is 28.4 Å². The Morgan fingerprint density at radius 1 is 1.27 bits per heavy atom. The number of hydrogen-bond donors (Lipinski definition) is 2. The van der Waals surface area contributed by atoms with Gasteiger partial charge in [-0.15, -0.1) is 15.3 Å². The number of nitrogen functional groups attached to an aromatic ring is 1. The highest BCUT2D eigenvalue weighted by molar-refractivity contribution is 7.98. The number of allylic oxidation sites excluding steroid dienone is 1. The molecule has 3 aromatic heterocycles. The molecule has 1 aromatic carbocycles. The number of nitrogens with zero attached hydrogens (tertiary/aromatic N) is 9. The van der Waals surface area contributed by atoms with Gasteiger partial charge in [0.05, 0.1) is 11.9 Å². The molecule has 0 unspecified atom stereocenters. The van der Waals surface area contributed by atoms with Crippen LogP contribution in [0.5, 0.6) is 0 Å². The Kier molecular flexibility index (Phi) is 6.54. The van der Waals surface area contributed by atoms with E-state index < -0.39 is 5.91 Å². The Labute approximate surface area is 191 Å². The number of thioether (sulfide) groups is 1. The number of aryl methyl sites for hydroxylation is 1. The van der Waals surface area contributed by atoms with Gasteiger partial charge in [0.25, 0.3) is 5.91 Å². The third kappa shape index (κ3) is 5.12. The van der Waals surface area contributed by atoms with Crippen molar-refractivity contribution in [3.05, 3.63) is 59.2 Å². The highest BCUT2D eigenvalue weighted by Crippen LogP contribution is 2.24.